The first kappa shape index (κ1) is 18.4. The smallest absolute Gasteiger partial charge is 0.280 e. The molecule has 3 heterocycles. The highest BCUT2D eigenvalue weighted by atomic mass is 32.2. The molecule has 1 aromatic carbocycles. The molecule has 0 saturated carbocycles. The predicted octanol–water partition coefficient (Wildman–Crippen LogP) is 4.45. The maximum Gasteiger partial charge on any atom is 0.280 e. The Hall–Kier alpha value is -3.00. The maximum absolute atomic E-state index is 13.0. The lowest BCUT2D eigenvalue weighted by Gasteiger charge is -2.14. The Balaban J connectivity index is 1.70. The normalized spacial score (nSPS) is 16.1. The van der Waals surface area contributed by atoms with E-state index in [2.05, 4.69) is 20.6 Å². The van der Waals surface area contributed by atoms with Gasteiger partial charge in [-0.15, -0.1) is 0 Å². The summed E-state index contributed by atoms with van der Waals surface area (Å²) in [5.41, 5.74) is 1.42. The SMILES string of the molecule is CC1=CNC(NC(=O)c2cccc3ccc(-c4ccnc(C(F)F)c4)nc23)S1. The lowest BCUT2D eigenvalue weighted by atomic mass is 10.1. The van der Waals surface area contributed by atoms with E-state index in [4.69, 9.17) is 0 Å². The van der Waals surface area contributed by atoms with Gasteiger partial charge in [-0.25, -0.2) is 13.8 Å². The van der Waals surface area contributed by atoms with E-state index >= 15 is 0 Å². The molecule has 1 atom stereocenters. The standard InChI is InChI=1S/C20H16F2N4OS/c1-11-10-24-20(28-11)26-19(27)14-4-2-3-12-5-6-15(25-17(12)14)13-7-8-23-16(9-13)18(21)22/h2-10,18,20,24H,1H3,(H,26,27). The highest BCUT2D eigenvalue weighted by Crippen LogP contribution is 2.27. The molecule has 3 aromatic rings. The minimum Gasteiger partial charge on any atom is -0.362 e. The fraction of sp³-hybridized carbons (Fsp3) is 0.150. The van der Waals surface area contributed by atoms with Crippen molar-refractivity contribution in [2.45, 2.75) is 18.8 Å². The van der Waals surface area contributed by atoms with Crippen molar-refractivity contribution in [3.8, 4) is 11.3 Å². The molecule has 1 amide bonds. The Kier molecular flexibility index (Phi) is 4.95. The lowest BCUT2D eigenvalue weighted by molar-refractivity contribution is 0.0949. The first-order valence-electron chi connectivity index (χ1n) is 8.56. The number of nitrogens with one attached hydrogen (secondary N) is 2. The van der Waals surface area contributed by atoms with Crippen LogP contribution in [0.2, 0.25) is 0 Å². The molecule has 0 fully saturated rings. The van der Waals surface area contributed by atoms with Crippen LogP contribution in [0.25, 0.3) is 22.2 Å². The maximum atomic E-state index is 13.0. The average molecular weight is 398 g/mol. The van der Waals surface area contributed by atoms with Crippen LogP contribution in [0.3, 0.4) is 0 Å². The monoisotopic (exact) mass is 398 g/mol. The van der Waals surface area contributed by atoms with Crippen LogP contribution in [0.5, 0.6) is 0 Å². The third kappa shape index (κ3) is 3.68. The summed E-state index contributed by atoms with van der Waals surface area (Å²) in [5, 5.41) is 6.78. The topological polar surface area (TPSA) is 66.9 Å². The van der Waals surface area contributed by atoms with E-state index < -0.39 is 6.43 Å². The summed E-state index contributed by atoms with van der Waals surface area (Å²) in [6.07, 6.45) is 0.522. The molecule has 1 unspecified atom stereocenters. The van der Waals surface area contributed by atoms with Crippen LogP contribution >= 0.6 is 11.8 Å². The van der Waals surface area contributed by atoms with Crippen molar-refractivity contribution in [3.05, 3.63) is 71.0 Å². The largest absolute Gasteiger partial charge is 0.362 e. The minimum atomic E-state index is -2.66. The molecule has 0 radical (unpaired) electrons. The highest BCUT2D eigenvalue weighted by Gasteiger charge is 2.20. The molecular formula is C20H16F2N4OS. The number of nitrogens with zero attached hydrogens (tertiary/aromatic N) is 2. The van der Waals surface area contributed by atoms with Gasteiger partial charge in [-0.2, -0.15) is 0 Å². The number of aromatic nitrogens is 2. The summed E-state index contributed by atoms with van der Waals surface area (Å²) in [4.78, 5) is 22.1. The molecule has 4 rings (SSSR count). The molecule has 1 aliphatic heterocycles. The number of hydrogen-bond acceptors (Lipinski definition) is 5. The van der Waals surface area contributed by atoms with Crippen molar-refractivity contribution in [1.29, 1.82) is 0 Å². The molecule has 1 aliphatic rings. The van der Waals surface area contributed by atoms with E-state index in [-0.39, 0.29) is 17.1 Å². The van der Waals surface area contributed by atoms with Gasteiger partial charge in [-0.05, 0) is 31.2 Å². The summed E-state index contributed by atoms with van der Waals surface area (Å²) >= 11 is 1.52. The van der Waals surface area contributed by atoms with Gasteiger partial charge in [0.15, 0.2) is 5.50 Å². The van der Waals surface area contributed by atoms with E-state index in [0.29, 0.717) is 22.3 Å². The van der Waals surface area contributed by atoms with Crippen LogP contribution in [0.1, 0.15) is 29.4 Å². The molecule has 0 bridgehead atoms. The molecule has 0 saturated heterocycles. The summed E-state index contributed by atoms with van der Waals surface area (Å²) < 4.78 is 25.9. The molecule has 5 nitrogen and oxygen atoms in total. The number of alkyl halides is 2. The highest BCUT2D eigenvalue weighted by molar-refractivity contribution is 8.03. The van der Waals surface area contributed by atoms with Gasteiger partial charge in [0.25, 0.3) is 12.3 Å². The lowest BCUT2D eigenvalue weighted by Crippen LogP contribution is -2.38. The number of para-hydroxylation sites is 1. The van der Waals surface area contributed by atoms with Crippen molar-refractivity contribution < 1.29 is 13.6 Å². The fourth-order valence-electron chi connectivity index (χ4n) is 2.93. The zero-order valence-electron chi connectivity index (χ0n) is 14.8. The quantitative estimate of drug-likeness (QED) is 0.680. The number of rotatable bonds is 4. The molecule has 0 aliphatic carbocycles. The first-order chi connectivity index (χ1) is 13.5. The van der Waals surface area contributed by atoms with Crippen LogP contribution in [-0.4, -0.2) is 21.4 Å². The first-order valence-corrected chi connectivity index (χ1v) is 9.44. The molecule has 142 valence electrons. The Bertz CT molecular complexity index is 1090. The number of amides is 1. The molecule has 8 heteroatoms. The molecule has 2 N–H and O–H groups in total. The van der Waals surface area contributed by atoms with Gasteiger partial charge in [0.05, 0.1) is 16.8 Å². The number of benzene rings is 1. The van der Waals surface area contributed by atoms with Gasteiger partial charge in [-0.3, -0.25) is 9.78 Å². The van der Waals surface area contributed by atoms with E-state index in [0.717, 1.165) is 10.3 Å². The second-order valence-corrected chi connectivity index (χ2v) is 7.59. The number of halogens is 2. The van der Waals surface area contributed by atoms with Crippen LogP contribution in [0.15, 0.2) is 59.8 Å². The van der Waals surface area contributed by atoms with Crippen LogP contribution in [0, 0.1) is 0 Å². The Morgan fingerprint density at radius 3 is 2.86 bits per heavy atom. The van der Waals surface area contributed by atoms with Crippen molar-refractivity contribution >= 4 is 28.6 Å². The van der Waals surface area contributed by atoms with E-state index in [9.17, 15) is 13.6 Å². The van der Waals surface area contributed by atoms with Gasteiger partial charge in [0.2, 0.25) is 0 Å². The number of fused-ring (bicyclic) bond motifs is 1. The third-order valence-electron chi connectivity index (χ3n) is 4.27. The number of carbonyl (C=O) groups excluding carboxylic acids is 1. The predicted molar refractivity (Wildman–Crippen MR) is 106 cm³/mol. The summed E-state index contributed by atoms with van der Waals surface area (Å²) in [7, 11) is 0. The number of allylic oxidation sites excluding steroid dienone is 1. The van der Waals surface area contributed by atoms with Crippen LogP contribution < -0.4 is 10.6 Å². The van der Waals surface area contributed by atoms with Crippen LogP contribution in [0.4, 0.5) is 8.78 Å². The van der Waals surface area contributed by atoms with Gasteiger partial charge < -0.3 is 10.6 Å². The number of pyridine rings is 2. The van der Waals surface area contributed by atoms with Crippen molar-refractivity contribution in [2.75, 3.05) is 0 Å². The average Bonchev–Trinajstić information content (AvgIpc) is 3.11. The summed E-state index contributed by atoms with van der Waals surface area (Å²) in [5.74, 6) is -0.258. The molecular weight excluding hydrogens is 382 g/mol. The van der Waals surface area contributed by atoms with E-state index in [1.165, 1.54) is 24.0 Å². The van der Waals surface area contributed by atoms with E-state index in [1.807, 2.05) is 25.3 Å². The van der Waals surface area contributed by atoms with Crippen molar-refractivity contribution in [3.63, 3.8) is 0 Å². The molecule has 2 aromatic heterocycles. The Morgan fingerprint density at radius 2 is 2.11 bits per heavy atom. The minimum absolute atomic E-state index is 0.236. The second kappa shape index (κ2) is 7.55. The van der Waals surface area contributed by atoms with Gasteiger partial charge in [0, 0.05) is 28.3 Å². The third-order valence-corrected chi connectivity index (χ3v) is 5.25. The number of carbonyl (C=O) groups is 1. The molecule has 28 heavy (non-hydrogen) atoms. The summed E-state index contributed by atoms with van der Waals surface area (Å²) in [6, 6.07) is 11.9. The van der Waals surface area contributed by atoms with Gasteiger partial charge in [-0.1, -0.05) is 30.0 Å². The van der Waals surface area contributed by atoms with Crippen molar-refractivity contribution in [2.24, 2.45) is 0 Å². The van der Waals surface area contributed by atoms with Gasteiger partial charge >= 0.3 is 0 Å². The fourth-order valence-corrected chi connectivity index (χ4v) is 3.74. The Morgan fingerprint density at radius 1 is 1.25 bits per heavy atom. The van der Waals surface area contributed by atoms with Crippen LogP contribution in [-0.2, 0) is 0 Å². The number of hydrogen-bond donors (Lipinski definition) is 2. The zero-order chi connectivity index (χ0) is 19.7. The number of thioether (sulfide) groups is 1. The van der Waals surface area contributed by atoms with E-state index in [1.54, 1.807) is 24.3 Å². The summed E-state index contributed by atoms with van der Waals surface area (Å²) in [6.45, 7) is 1.96. The Labute approximate surface area is 164 Å². The second-order valence-electron chi connectivity index (χ2n) is 6.24. The molecule has 0 spiro atoms. The van der Waals surface area contributed by atoms with Gasteiger partial charge in [0.1, 0.15) is 5.69 Å². The zero-order valence-corrected chi connectivity index (χ0v) is 15.6. The van der Waals surface area contributed by atoms with Crippen molar-refractivity contribution in [1.82, 2.24) is 20.6 Å².